The molecule has 7 heteroatoms. The summed E-state index contributed by atoms with van der Waals surface area (Å²) >= 11 is 11.9. The zero-order chi connectivity index (χ0) is 13.8. The van der Waals surface area contributed by atoms with E-state index in [0.717, 1.165) is 5.56 Å². The van der Waals surface area contributed by atoms with Crippen LogP contribution in [0.5, 0.6) is 0 Å². The van der Waals surface area contributed by atoms with Crippen molar-refractivity contribution < 1.29 is 14.9 Å². The molecule has 1 saturated heterocycles. The summed E-state index contributed by atoms with van der Waals surface area (Å²) in [6, 6.07) is 5.38. The lowest BCUT2D eigenvalue weighted by atomic mass is 9.90. The summed E-state index contributed by atoms with van der Waals surface area (Å²) in [6.07, 6.45) is -1.38. The van der Waals surface area contributed by atoms with E-state index in [1.54, 1.807) is 12.1 Å². The molecule has 0 radical (unpaired) electrons. The third kappa shape index (κ3) is 4.21. The Morgan fingerprint density at radius 3 is 2.75 bits per heavy atom. The van der Waals surface area contributed by atoms with Crippen molar-refractivity contribution in [3.05, 3.63) is 33.8 Å². The number of rotatable bonds is 3. The standard InChI is InChI=1S/C13H17Cl2NO3.ClH/c14-10-2-1-8(5-11(10)15)9-6-16-3-4-19-13(9)12(18)7-17;/h1-2,5,9,12-13,16-18H,3-4,6-7H2;1H/t9-,12+,13+;/m0./s1. The fourth-order valence-corrected chi connectivity index (χ4v) is 2.60. The van der Waals surface area contributed by atoms with Crippen molar-refractivity contribution in [2.75, 3.05) is 26.3 Å². The minimum atomic E-state index is -0.917. The van der Waals surface area contributed by atoms with Crippen LogP contribution >= 0.6 is 35.6 Å². The predicted molar refractivity (Wildman–Crippen MR) is 82.2 cm³/mol. The second-order valence-corrected chi connectivity index (χ2v) is 5.38. The van der Waals surface area contributed by atoms with Gasteiger partial charge in [0.15, 0.2) is 0 Å². The SMILES string of the molecule is Cl.OC[C@@H](O)[C@@H]1OCCNC[C@H]1c1ccc(Cl)c(Cl)c1. The number of aliphatic hydroxyl groups is 2. The molecule has 0 spiro atoms. The lowest BCUT2D eigenvalue weighted by Gasteiger charge is -2.28. The normalized spacial score (nSPS) is 24.6. The number of hydrogen-bond donors (Lipinski definition) is 3. The van der Waals surface area contributed by atoms with Gasteiger partial charge in [0.05, 0.1) is 29.4 Å². The third-order valence-corrected chi connectivity index (χ3v) is 4.03. The van der Waals surface area contributed by atoms with Gasteiger partial charge < -0.3 is 20.3 Å². The highest BCUT2D eigenvalue weighted by Gasteiger charge is 2.31. The first-order valence-corrected chi connectivity index (χ1v) is 6.95. The average Bonchev–Trinajstić information content (AvgIpc) is 2.66. The molecular formula is C13H18Cl3NO3. The lowest BCUT2D eigenvalue weighted by Crippen LogP contribution is -2.38. The fraction of sp³-hybridized carbons (Fsp3) is 0.538. The van der Waals surface area contributed by atoms with E-state index in [9.17, 15) is 5.11 Å². The highest BCUT2D eigenvalue weighted by Crippen LogP contribution is 2.30. The largest absolute Gasteiger partial charge is 0.394 e. The minimum Gasteiger partial charge on any atom is -0.394 e. The number of halogens is 3. The lowest BCUT2D eigenvalue weighted by molar-refractivity contribution is -0.0609. The molecule has 1 aromatic rings. The van der Waals surface area contributed by atoms with Crippen molar-refractivity contribution in [3.8, 4) is 0 Å². The number of ether oxygens (including phenoxy) is 1. The second kappa shape index (κ2) is 8.39. The molecule has 1 aliphatic rings. The summed E-state index contributed by atoms with van der Waals surface area (Å²) in [6.45, 7) is 1.54. The van der Waals surface area contributed by atoms with Crippen LogP contribution < -0.4 is 5.32 Å². The molecular weight excluding hydrogens is 325 g/mol. The van der Waals surface area contributed by atoms with Gasteiger partial charge in [0.1, 0.15) is 6.10 Å². The van der Waals surface area contributed by atoms with E-state index in [1.807, 2.05) is 6.07 Å². The van der Waals surface area contributed by atoms with Crippen LogP contribution in [-0.2, 0) is 4.74 Å². The van der Waals surface area contributed by atoms with Crippen molar-refractivity contribution in [2.45, 2.75) is 18.1 Å². The Balaban J connectivity index is 0.00000200. The molecule has 0 amide bonds. The molecule has 3 N–H and O–H groups in total. The van der Waals surface area contributed by atoms with Crippen molar-refractivity contribution in [1.82, 2.24) is 5.32 Å². The maximum Gasteiger partial charge on any atom is 0.104 e. The third-order valence-electron chi connectivity index (χ3n) is 3.29. The molecule has 1 aliphatic heterocycles. The quantitative estimate of drug-likeness (QED) is 0.784. The van der Waals surface area contributed by atoms with Crippen molar-refractivity contribution >= 4 is 35.6 Å². The number of hydrogen-bond acceptors (Lipinski definition) is 4. The summed E-state index contributed by atoms with van der Waals surface area (Å²) in [4.78, 5) is 0. The van der Waals surface area contributed by atoms with Gasteiger partial charge in [0, 0.05) is 19.0 Å². The van der Waals surface area contributed by atoms with Crippen LogP contribution in [0.4, 0.5) is 0 Å². The highest BCUT2D eigenvalue weighted by atomic mass is 35.5. The molecule has 4 nitrogen and oxygen atoms in total. The summed E-state index contributed by atoms with van der Waals surface area (Å²) in [7, 11) is 0. The first-order chi connectivity index (χ1) is 9.13. The Kier molecular flexibility index (Phi) is 7.54. The van der Waals surface area contributed by atoms with Gasteiger partial charge in [0.25, 0.3) is 0 Å². The number of nitrogens with one attached hydrogen (secondary N) is 1. The van der Waals surface area contributed by atoms with Crippen molar-refractivity contribution in [3.63, 3.8) is 0 Å². The maximum atomic E-state index is 9.90. The molecule has 2 rings (SSSR count). The fourth-order valence-electron chi connectivity index (χ4n) is 2.29. The van der Waals surface area contributed by atoms with Gasteiger partial charge >= 0.3 is 0 Å². The van der Waals surface area contributed by atoms with Gasteiger partial charge in [-0.3, -0.25) is 0 Å². The van der Waals surface area contributed by atoms with E-state index < -0.39 is 12.2 Å². The van der Waals surface area contributed by atoms with Crippen LogP contribution in [0.25, 0.3) is 0 Å². The monoisotopic (exact) mass is 341 g/mol. The molecule has 1 heterocycles. The van der Waals surface area contributed by atoms with E-state index in [0.29, 0.717) is 29.7 Å². The zero-order valence-electron chi connectivity index (χ0n) is 10.8. The summed E-state index contributed by atoms with van der Waals surface area (Å²) in [5.41, 5.74) is 0.932. The summed E-state index contributed by atoms with van der Waals surface area (Å²) < 4.78 is 5.64. The molecule has 1 aromatic carbocycles. The Morgan fingerprint density at radius 2 is 2.10 bits per heavy atom. The molecule has 0 aliphatic carbocycles. The maximum absolute atomic E-state index is 9.90. The Morgan fingerprint density at radius 1 is 1.35 bits per heavy atom. The number of aliphatic hydroxyl groups excluding tert-OH is 2. The van der Waals surface area contributed by atoms with Gasteiger partial charge in [-0.05, 0) is 17.7 Å². The Labute approximate surface area is 134 Å². The zero-order valence-corrected chi connectivity index (χ0v) is 13.1. The first kappa shape index (κ1) is 18.0. The van der Waals surface area contributed by atoms with E-state index in [4.69, 9.17) is 33.0 Å². The topological polar surface area (TPSA) is 61.7 Å². The molecule has 3 atom stereocenters. The van der Waals surface area contributed by atoms with Crippen LogP contribution in [0.2, 0.25) is 10.0 Å². The van der Waals surface area contributed by atoms with Crippen molar-refractivity contribution in [1.29, 1.82) is 0 Å². The molecule has 1 fully saturated rings. The Hall–Kier alpha value is -0.0700. The van der Waals surface area contributed by atoms with E-state index in [2.05, 4.69) is 5.32 Å². The molecule has 114 valence electrons. The van der Waals surface area contributed by atoms with E-state index in [-0.39, 0.29) is 24.9 Å². The minimum absolute atomic E-state index is 0. The average molecular weight is 343 g/mol. The highest BCUT2D eigenvalue weighted by molar-refractivity contribution is 6.42. The molecule has 0 saturated carbocycles. The van der Waals surface area contributed by atoms with Crippen LogP contribution in [0, 0.1) is 0 Å². The first-order valence-electron chi connectivity index (χ1n) is 6.19. The van der Waals surface area contributed by atoms with Crippen LogP contribution in [-0.4, -0.2) is 48.7 Å². The summed E-state index contributed by atoms with van der Waals surface area (Å²) in [5.74, 6) is -0.0839. The molecule has 0 bridgehead atoms. The van der Waals surface area contributed by atoms with Gasteiger partial charge in [-0.2, -0.15) is 0 Å². The molecule has 0 aromatic heterocycles. The Bertz CT molecular complexity index is 433. The smallest absolute Gasteiger partial charge is 0.104 e. The van der Waals surface area contributed by atoms with Crippen LogP contribution in [0.1, 0.15) is 11.5 Å². The molecule has 0 unspecified atom stereocenters. The van der Waals surface area contributed by atoms with Gasteiger partial charge in [-0.15, -0.1) is 12.4 Å². The van der Waals surface area contributed by atoms with Gasteiger partial charge in [-0.25, -0.2) is 0 Å². The number of benzene rings is 1. The van der Waals surface area contributed by atoms with Crippen LogP contribution in [0.15, 0.2) is 18.2 Å². The molecule has 20 heavy (non-hydrogen) atoms. The predicted octanol–water partition coefficient (Wildman–Crippen LogP) is 1.84. The second-order valence-electron chi connectivity index (χ2n) is 4.57. The van der Waals surface area contributed by atoms with E-state index in [1.165, 1.54) is 0 Å². The van der Waals surface area contributed by atoms with E-state index >= 15 is 0 Å². The van der Waals surface area contributed by atoms with Crippen molar-refractivity contribution in [2.24, 2.45) is 0 Å². The van der Waals surface area contributed by atoms with Gasteiger partial charge in [-0.1, -0.05) is 29.3 Å². The van der Waals surface area contributed by atoms with Crippen LogP contribution in [0.3, 0.4) is 0 Å². The van der Waals surface area contributed by atoms with Gasteiger partial charge in [0.2, 0.25) is 0 Å². The summed E-state index contributed by atoms with van der Waals surface area (Å²) in [5, 5.41) is 23.3.